The van der Waals surface area contributed by atoms with Crippen molar-refractivity contribution in [2.45, 2.75) is 32.2 Å². The van der Waals surface area contributed by atoms with Crippen molar-refractivity contribution in [1.82, 2.24) is 19.8 Å². The van der Waals surface area contributed by atoms with Crippen molar-refractivity contribution in [1.29, 1.82) is 0 Å². The molecule has 1 aromatic rings. The van der Waals surface area contributed by atoms with Crippen LogP contribution >= 0.6 is 0 Å². The Morgan fingerprint density at radius 2 is 2.00 bits per heavy atom. The van der Waals surface area contributed by atoms with E-state index in [0.29, 0.717) is 6.04 Å². The quantitative estimate of drug-likeness (QED) is 0.829. The van der Waals surface area contributed by atoms with Gasteiger partial charge in [-0.15, -0.1) is 0 Å². The van der Waals surface area contributed by atoms with Crippen LogP contribution in [0.25, 0.3) is 0 Å². The van der Waals surface area contributed by atoms with E-state index in [0.717, 1.165) is 43.5 Å². The van der Waals surface area contributed by atoms with E-state index in [-0.39, 0.29) is 11.8 Å². The van der Waals surface area contributed by atoms with Crippen molar-refractivity contribution in [3.8, 4) is 0 Å². The highest BCUT2D eigenvalue weighted by molar-refractivity contribution is 5.74. The molecule has 2 aliphatic heterocycles. The molecule has 0 N–H and O–H groups in total. The van der Waals surface area contributed by atoms with Gasteiger partial charge in [-0.1, -0.05) is 0 Å². The van der Waals surface area contributed by atoms with Crippen molar-refractivity contribution in [3.63, 3.8) is 0 Å². The number of rotatable bonds is 3. The summed E-state index contributed by atoms with van der Waals surface area (Å²) in [6.07, 6.45) is 1.17. The fourth-order valence-corrected chi connectivity index (χ4v) is 3.19. The molecule has 0 aromatic carbocycles. The first-order chi connectivity index (χ1) is 10.4. The second-order valence-electron chi connectivity index (χ2n) is 6.70. The summed E-state index contributed by atoms with van der Waals surface area (Å²) in [4.78, 5) is 27.2. The SMILES string of the molecule is CC(=O)N1CC(c2nc(C)cc(N3CC[C@H](N(C)C)C3)n2)C1. The molecule has 1 aromatic heterocycles. The lowest BCUT2D eigenvalue weighted by molar-refractivity contribution is -0.133. The molecule has 3 rings (SSSR count). The normalized spacial score (nSPS) is 22.3. The van der Waals surface area contributed by atoms with E-state index in [9.17, 15) is 4.79 Å². The zero-order valence-corrected chi connectivity index (χ0v) is 13.9. The smallest absolute Gasteiger partial charge is 0.219 e. The van der Waals surface area contributed by atoms with Crippen molar-refractivity contribution < 1.29 is 4.79 Å². The molecule has 0 radical (unpaired) electrons. The molecule has 6 heteroatoms. The summed E-state index contributed by atoms with van der Waals surface area (Å²) in [7, 11) is 4.27. The maximum atomic E-state index is 11.3. The van der Waals surface area contributed by atoms with Gasteiger partial charge in [0.2, 0.25) is 5.91 Å². The summed E-state index contributed by atoms with van der Waals surface area (Å²) < 4.78 is 0. The Bertz CT molecular complexity index is 568. The third-order valence-electron chi connectivity index (χ3n) is 4.77. The lowest BCUT2D eigenvalue weighted by Gasteiger charge is -2.37. The molecule has 22 heavy (non-hydrogen) atoms. The molecular weight excluding hydrogens is 278 g/mol. The van der Waals surface area contributed by atoms with Gasteiger partial charge in [0.05, 0.1) is 5.92 Å². The van der Waals surface area contributed by atoms with E-state index in [1.807, 2.05) is 11.8 Å². The van der Waals surface area contributed by atoms with E-state index in [4.69, 9.17) is 4.98 Å². The fraction of sp³-hybridized carbons (Fsp3) is 0.688. The molecule has 0 spiro atoms. The zero-order valence-electron chi connectivity index (χ0n) is 13.9. The van der Waals surface area contributed by atoms with Crippen LogP contribution in [0.5, 0.6) is 0 Å². The van der Waals surface area contributed by atoms with Gasteiger partial charge < -0.3 is 14.7 Å². The van der Waals surface area contributed by atoms with E-state index in [1.54, 1.807) is 6.92 Å². The van der Waals surface area contributed by atoms with Gasteiger partial charge in [-0.2, -0.15) is 0 Å². The summed E-state index contributed by atoms with van der Waals surface area (Å²) >= 11 is 0. The van der Waals surface area contributed by atoms with Gasteiger partial charge in [0.1, 0.15) is 11.6 Å². The molecule has 0 aliphatic carbocycles. The maximum Gasteiger partial charge on any atom is 0.219 e. The number of nitrogens with zero attached hydrogens (tertiary/aromatic N) is 5. The molecule has 0 bridgehead atoms. The molecule has 2 fully saturated rings. The van der Waals surface area contributed by atoms with Crippen LogP contribution in [0.3, 0.4) is 0 Å². The fourth-order valence-electron chi connectivity index (χ4n) is 3.19. The number of amides is 1. The summed E-state index contributed by atoms with van der Waals surface area (Å²) in [6.45, 7) is 7.20. The summed E-state index contributed by atoms with van der Waals surface area (Å²) in [6, 6.07) is 2.67. The molecule has 0 saturated carbocycles. The Labute approximate surface area is 132 Å². The molecule has 120 valence electrons. The minimum Gasteiger partial charge on any atom is -0.355 e. The molecule has 2 aliphatic rings. The van der Waals surface area contributed by atoms with Crippen molar-refractivity contribution in [2.24, 2.45) is 0 Å². The number of likely N-dealkylation sites (N-methyl/N-ethyl adjacent to an activating group) is 1. The van der Waals surface area contributed by atoms with E-state index in [2.05, 4.69) is 34.9 Å². The number of likely N-dealkylation sites (tertiary alicyclic amines) is 1. The van der Waals surface area contributed by atoms with Crippen LogP contribution in [0, 0.1) is 6.92 Å². The average Bonchev–Trinajstić information content (AvgIpc) is 2.85. The number of aromatic nitrogens is 2. The zero-order chi connectivity index (χ0) is 15.9. The molecule has 3 heterocycles. The van der Waals surface area contributed by atoms with Gasteiger partial charge in [0.25, 0.3) is 0 Å². The van der Waals surface area contributed by atoms with Crippen LogP contribution in [0.4, 0.5) is 5.82 Å². The van der Waals surface area contributed by atoms with Crippen molar-refractivity contribution >= 4 is 11.7 Å². The van der Waals surface area contributed by atoms with E-state index in [1.165, 1.54) is 6.42 Å². The van der Waals surface area contributed by atoms with Crippen LogP contribution in [0.2, 0.25) is 0 Å². The Morgan fingerprint density at radius 3 is 2.59 bits per heavy atom. The topological polar surface area (TPSA) is 52.6 Å². The Hall–Kier alpha value is -1.69. The van der Waals surface area contributed by atoms with Crippen molar-refractivity contribution in [2.75, 3.05) is 45.2 Å². The number of hydrogen-bond donors (Lipinski definition) is 0. The highest BCUT2D eigenvalue weighted by atomic mass is 16.2. The molecule has 1 atom stereocenters. The van der Waals surface area contributed by atoms with Gasteiger partial charge in [-0.25, -0.2) is 9.97 Å². The third-order valence-corrected chi connectivity index (χ3v) is 4.77. The Kier molecular flexibility index (Phi) is 4.04. The summed E-state index contributed by atoms with van der Waals surface area (Å²) in [5.74, 6) is 2.35. The number of anilines is 1. The number of hydrogen-bond acceptors (Lipinski definition) is 5. The summed E-state index contributed by atoms with van der Waals surface area (Å²) in [5, 5.41) is 0. The highest BCUT2D eigenvalue weighted by Crippen LogP contribution is 2.27. The van der Waals surface area contributed by atoms with Crippen LogP contribution in [0.1, 0.15) is 30.8 Å². The highest BCUT2D eigenvalue weighted by Gasteiger charge is 2.33. The molecule has 1 amide bonds. The van der Waals surface area contributed by atoms with E-state index >= 15 is 0 Å². The van der Waals surface area contributed by atoms with Gasteiger partial charge in [-0.05, 0) is 27.4 Å². The number of carbonyl (C=O) groups is 1. The van der Waals surface area contributed by atoms with Crippen LogP contribution in [-0.4, -0.2) is 72.0 Å². The minimum atomic E-state index is 0.137. The lowest BCUT2D eigenvalue weighted by Crippen LogP contribution is -2.48. The Balaban J connectivity index is 1.73. The second kappa shape index (κ2) is 5.83. The minimum absolute atomic E-state index is 0.137. The molecule has 2 saturated heterocycles. The largest absolute Gasteiger partial charge is 0.355 e. The Morgan fingerprint density at radius 1 is 1.27 bits per heavy atom. The molecule has 6 nitrogen and oxygen atoms in total. The van der Waals surface area contributed by atoms with Crippen molar-refractivity contribution in [3.05, 3.63) is 17.6 Å². The average molecular weight is 303 g/mol. The second-order valence-corrected chi connectivity index (χ2v) is 6.70. The predicted octanol–water partition coefficient (Wildman–Crippen LogP) is 0.871. The van der Waals surface area contributed by atoms with E-state index < -0.39 is 0 Å². The predicted molar refractivity (Wildman–Crippen MR) is 86.1 cm³/mol. The van der Waals surface area contributed by atoms with Gasteiger partial charge in [0, 0.05) is 50.9 Å². The van der Waals surface area contributed by atoms with Gasteiger partial charge in [-0.3, -0.25) is 4.79 Å². The van der Waals surface area contributed by atoms with Gasteiger partial charge in [0.15, 0.2) is 0 Å². The first kappa shape index (κ1) is 15.2. The molecule has 0 unspecified atom stereocenters. The summed E-state index contributed by atoms with van der Waals surface area (Å²) in [5.41, 5.74) is 1.01. The maximum absolute atomic E-state index is 11.3. The lowest BCUT2D eigenvalue weighted by atomic mass is 9.99. The number of carbonyl (C=O) groups excluding carboxylic acids is 1. The first-order valence-corrected chi connectivity index (χ1v) is 7.96. The standard InChI is InChI=1S/C16H25N5O/c1-11-7-15(20-6-5-14(10-20)19(3)4)18-16(17-11)13-8-21(9-13)12(2)22/h7,13-14H,5-6,8-10H2,1-4H3/t14-/m0/s1. The number of aryl methyl sites for hydroxylation is 1. The van der Waals surface area contributed by atoms with Crippen LogP contribution in [-0.2, 0) is 4.79 Å². The monoisotopic (exact) mass is 303 g/mol. The van der Waals surface area contributed by atoms with Gasteiger partial charge >= 0.3 is 0 Å². The van der Waals surface area contributed by atoms with Crippen LogP contribution in [0.15, 0.2) is 6.07 Å². The first-order valence-electron chi connectivity index (χ1n) is 7.96. The third kappa shape index (κ3) is 2.92. The molecular formula is C16H25N5O. The van der Waals surface area contributed by atoms with Crippen LogP contribution < -0.4 is 4.90 Å².